The number of nitrogens with zero attached hydrogens (tertiary/aromatic N) is 3. The van der Waals surface area contributed by atoms with Gasteiger partial charge < -0.3 is 11.1 Å². The number of rotatable bonds is 1. The van der Waals surface area contributed by atoms with E-state index in [0.717, 1.165) is 28.0 Å². The Balaban J connectivity index is 1.88. The van der Waals surface area contributed by atoms with Crippen molar-refractivity contribution in [2.75, 3.05) is 5.32 Å². The summed E-state index contributed by atoms with van der Waals surface area (Å²) in [5.74, 6) is -0.180. The van der Waals surface area contributed by atoms with Gasteiger partial charge in [-0.25, -0.2) is 4.68 Å². The van der Waals surface area contributed by atoms with Crippen molar-refractivity contribution in [3.63, 3.8) is 0 Å². The normalized spacial score (nSPS) is 17.2. The van der Waals surface area contributed by atoms with E-state index in [-0.39, 0.29) is 5.91 Å². The second-order valence-corrected chi connectivity index (χ2v) is 4.73. The van der Waals surface area contributed by atoms with Crippen LogP contribution in [0.25, 0.3) is 16.7 Å². The molecule has 0 aliphatic carbocycles. The maximum atomic E-state index is 11.6. The number of nitrogens with one attached hydrogen (secondary N) is 1. The summed E-state index contributed by atoms with van der Waals surface area (Å²) in [5, 5.41) is 11.0. The number of nitrogens with two attached hydrogens (primary N) is 1. The molecule has 3 N–H and O–H groups in total. The zero-order chi connectivity index (χ0) is 13.7. The summed E-state index contributed by atoms with van der Waals surface area (Å²) in [6.07, 6.45) is 0. The Morgan fingerprint density at radius 3 is 2.95 bits per heavy atom. The topological polar surface area (TPSA) is 85.8 Å². The molecular formula is C14H11N5O. The molecule has 0 fully saturated rings. The molecule has 98 valence electrons. The van der Waals surface area contributed by atoms with E-state index >= 15 is 0 Å². The minimum absolute atomic E-state index is 0.180. The average Bonchev–Trinajstić information content (AvgIpc) is 3.01. The third kappa shape index (κ3) is 1.45. The standard InChI is InChI=1S/C14H11N5O/c15-13-9-6-5-8(7-11(9)16-14(13)20)19-12-4-2-1-3-10(12)17-18-19/h1-7,13H,15H2,(H,16,20). The van der Waals surface area contributed by atoms with Crippen LogP contribution in [0, 0.1) is 0 Å². The summed E-state index contributed by atoms with van der Waals surface area (Å²) in [6, 6.07) is 12.7. The van der Waals surface area contributed by atoms with Gasteiger partial charge in [-0.2, -0.15) is 0 Å². The monoisotopic (exact) mass is 265 g/mol. The fraction of sp³-hybridized carbons (Fsp3) is 0.0714. The second kappa shape index (κ2) is 3.88. The highest BCUT2D eigenvalue weighted by atomic mass is 16.2. The maximum Gasteiger partial charge on any atom is 0.245 e. The van der Waals surface area contributed by atoms with E-state index in [0.29, 0.717) is 0 Å². The largest absolute Gasteiger partial charge is 0.324 e. The Bertz CT molecular complexity index is 838. The summed E-state index contributed by atoms with van der Waals surface area (Å²) in [4.78, 5) is 11.6. The molecule has 1 aromatic heterocycles. The van der Waals surface area contributed by atoms with E-state index < -0.39 is 6.04 Å². The molecule has 0 spiro atoms. The zero-order valence-electron chi connectivity index (χ0n) is 10.4. The Kier molecular flexibility index (Phi) is 2.16. The lowest BCUT2D eigenvalue weighted by molar-refractivity contribution is -0.116. The predicted molar refractivity (Wildman–Crippen MR) is 74.4 cm³/mol. The summed E-state index contributed by atoms with van der Waals surface area (Å²) >= 11 is 0. The molecule has 1 unspecified atom stereocenters. The number of aromatic nitrogens is 3. The molecule has 6 nitrogen and oxygen atoms in total. The molecule has 1 aliphatic heterocycles. The molecule has 2 aromatic carbocycles. The Morgan fingerprint density at radius 1 is 1.20 bits per heavy atom. The van der Waals surface area contributed by atoms with Crippen molar-refractivity contribution in [3.05, 3.63) is 48.0 Å². The van der Waals surface area contributed by atoms with E-state index in [4.69, 9.17) is 5.73 Å². The lowest BCUT2D eigenvalue weighted by atomic mass is 10.1. The van der Waals surface area contributed by atoms with Gasteiger partial charge in [0.15, 0.2) is 0 Å². The van der Waals surface area contributed by atoms with Crippen LogP contribution in [0.2, 0.25) is 0 Å². The molecule has 0 saturated carbocycles. The van der Waals surface area contributed by atoms with Gasteiger partial charge in [-0.05, 0) is 24.3 Å². The average molecular weight is 265 g/mol. The van der Waals surface area contributed by atoms with Crippen molar-refractivity contribution in [1.82, 2.24) is 15.0 Å². The predicted octanol–water partition coefficient (Wildman–Crippen LogP) is 1.37. The quantitative estimate of drug-likeness (QED) is 0.696. The first kappa shape index (κ1) is 11.1. The van der Waals surface area contributed by atoms with Gasteiger partial charge in [0, 0.05) is 11.3 Å². The number of hydrogen-bond donors (Lipinski definition) is 2. The van der Waals surface area contributed by atoms with Gasteiger partial charge in [0.25, 0.3) is 0 Å². The molecule has 4 rings (SSSR count). The van der Waals surface area contributed by atoms with E-state index in [2.05, 4.69) is 15.6 Å². The number of benzene rings is 2. The van der Waals surface area contributed by atoms with Gasteiger partial charge in [-0.1, -0.05) is 23.4 Å². The fourth-order valence-electron chi connectivity index (χ4n) is 2.47. The molecule has 1 atom stereocenters. The highest BCUT2D eigenvalue weighted by Crippen LogP contribution is 2.31. The van der Waals surface area contributed by atoms with Crippen molar-refractivity contribution in [2.45, 2.75) is 6.04 Å². The van der Waals surface area contributed by atoms with E-state index in [1.807, 2.05) is 42.5 Å². The van der Waals surface area contributed by atoms with Crippen molar-refractivity contribution >= 4 is 22.6 Å². The molecule has 1 amide bonds. The van der Waals surface area contributed by atoms with Gasteiger partial charge >= 0.3 is 0 Å². The third-order valence-electron chi connectivity index (χ3n) is 3.51. The first-order valence-electron chi connectivity index (χ1n) is 6.25. The van der Waals surface area contributed by atoms with Crippen LogP contribution in [0.3, 0.4) is 0 Å². The van der Waals surface area contributed by atoms with Gasteiger partial charge in [-0.3, -0.25) is 4.79 Å². The first-order chi connectivity index (χ1) is 9.74. The van der Waals surface area contributed by atoms with Crippen LogP contribution in [0.5, 0.6) is 0 Å². The van der Waals surface area contributed by atoms with Crippen LogP contribution in [0.4, 0.5) is 5.69 Å². The number of hydrogen-bond acceptors (Lipinski definition) is 4. The zero-order valence-corrected chi connectivity index (χ0v) is 10.4. The minimum Gasteiger partial charge on any atom is -0.324 e. The molecule has 0 saturated heterocycles. The lowest BCUT2D eigenvalue weighted by Crippen LogP contribution is -2.19. The Labute approximate surface area is 114 Å². The van der Waals surface area contributed by atoms with E-state index in [1.54, 1.807) is 4.68 Å². The highest BCUT2D eigenvalue weighted by Gasteiger charge is 2.27. The highest BCUT2D eigenvalue weighted by molar-refractivity contribution is 6.02. The van der Waals surface area contributed by atoms with Crippen LogP contribution in [0.1, 0.15) is 11.6 Å². The van der Waals surface area contributed by atoms with Crippen LogP contribution < -0.4 is 11.1 Å². The van der Waals surface area contributed by atoms with Crippen molar-refractivity contribution in [1.29, 1.82) is 0 Å². The van der Waals surface area contributed by atoms with Crippen molar-refractivity contribution in [2.24, 2.45) is 5.73 Å². The number of para-hydroxylation sites is 1. The maximum absolute atomic E-state index is 11.6. The first-order valence-corrected chi connectivity index (χ1v) is 6.25. The SMILES string of the molecule is NC1C(=O)Nc2cc(-n3nnc4ccccc43)ccc21. The number of amides is 1. The fourth-order valence-corrected chi connectivity index (χ4v) is 2.47. The molecule has 20 heavy (non-hydrogen) atoms. The number of anilines is 1. The smallest absolute Gasteiger partial charge is 0.245 e. The van der Waals surface area contributed by atoms with Crippen LogP contribution in [-0.2, 0) is 4.79 Å². The number of carbonyl (C=O) groups is 1. The lowest BCUT2D eigenvalue weighted by Gasteiger charge is -2.05. The molecule has 0 bridgehead atoms. The van der Waals surface area contributed by atoms with E-state index in [1.165, 1.54) is 0 Å². The van der Waals surface area contributed by atoms with Crippen molar-refractivity contribution < 1.29 is 4.79 Å². The second-order valence-electron chi connectivity index (χ2n) is 4.73. The van der Waals surface area contributed by atoms with Gasteiger partial charge in [0.2, 0.25) is 5.91 Å². The minimum atomic E-state index is -0.591. The molecule has 3 aromatic rings. The van der Waals surface area contributed by atoms with E-state index in [9.17, 15) is 4.79 Å². The van der Waals surface area contributed by atoms with Gasteiger partial charge in [-0.15, -0.1) is 5.10 Å². The number of fused-ring (bicyclic) bond motifs is 2. The molecule has 2 heterocycles. The van der Waals surface area contributed by atoms with Gasteiger partial charge in [0.1, 0.15) is 11.6 Å². The molecule has 6 heteroatoms. The molecule has 0 radical (unpaired) electrons. The van der Waals surface area contributed by atoms with Crippen molar-refractivity contribution in [3.8, 4) is 5.69 Å². The third-order valence-corrected chi connectivity index (χ3v) is 3.51. The Hall–Kier alpha value is -2.73. The number of carbonyl (C=O) groups excluding carboxylic acids is 1. The molecular weight excluding hydrogens is 254 g/mol. The summed E-state index contributed by atoms with van der Waals surface area (Å²) in [5.41, 5.74) is 9.93. The van der Waals surface area contributed by atoms with Crippen LogP contribution in [0.15, 0.2) is 42.5 Å². The summed E-state index contributed by atoms with van der Waals surface area (Å²) < 4.78 is 1.74. The van der Waals surface area contributed by atoms with Gasteiger partial charge in [0.05, 0.1) is 11.2 Å². The summed E-state index contributed by atoms with van der Waals surface area (Å²) in [6.45, 7) is 0. The Morgan fingerprint density at radius 2 is 2.05 bits per heavy atom. The summed E-state index contributed by atoms with van der Waals surface area (Å²) in [7, 11) is 0. The van der Waals surface area contributed by atoms with Crippen LogP contribution in [-0.4, -0.2) is 20.9 Å². The van der Waals surface area contributed by atoms with Crippen LogP contribution >= 0.6 is 0 Å². The molecule has 1 aliphatic rings.